The maximum Gasteiger partial charge on any atom is 0.331 e. The molecule has 0 saturated heterocycles. The number of hydrogen-bond donors (Lipinski definition) is 4. The number of carbonyl (C=O) groups is 5. The number of nitrogens with two attached hydrogens (primary N) is 1. The smallest absolute Gasteiger partial charge is 0.331 e. The standard InChI is InChI=1S/C40H42F2N4O9/c1-24-36(37(50)46(23-33(43)26-9-3-2-4-10-26)40(55)45(24)22-30-31(41)13-6-14-32(30)42)27-11-5-8-25(20-27)15-18-35(49)44-34(39(53)54)17-16-29(48)21-28(38(51)52)12-7-19-47/h2-6,8-11,13-14,19-20,28,33-34H,7,12,15-18,21-23,43H2,1H3,(H,44,49)(H,51,52)(H,53,54)/t28?,33-,34?/m0/s1. The van der Waals surface area contributed by atoms with Gasteiger partial charge in [0.05, 0.1) is 24.6 Å². The van der Waals surface area contributed by atoms with Crippen LogP contribution in [0.3, 0.4) is 0 Å². The maximum atomic E-state index is 14.8. The Balaban J connectivity index is 1.57. The minimum Gasteiger partial charge on any atom is -0.481 e. The maximum absolute atomic E-state index is 14.8. The highest BCUT2D eigenvalue weighted by molar-refractivity contribution is 5.86. The van der Waals surface area contributed by atoms with Crippen LogP contribution >= 0.6 is 0 Å². The van der Waals surface area contributed by atoms with Crippen LogP contribution in [0, 0.1) is 24.5 Å². The third kappa shape index (κ3) is 11.0. The number of aromatic nitrogens is 2. The Kier molecular flexibility index (Phi) is 14.6. The third-order valence-corrected chi connectivity index (χ3v) is 9.33. The lowest BCUT2D eigenvalue weighted by molar-refractivity contribution is -0.144. The van der Waals surface area contributed by atoms with E-state index in [9.17, 15) is 52.6 Å². The molecule has 0 aliphatic carbocycles. The van der Waals surface area contributed by atoms with Gasteiger partial charge >= 0.3 is 17.6 Å². The number of ketones is 1. The summed E-state index contributed by atoms with van der Waals surface area (Å²) in [4.78, 5) is 87.1. The molecule has 3 aromatic carbocycles. The summed E-state index contributed by atoms with van der Waals surface area (Å²) in [7, 11) is 0. The van der Waals surface area contributed by atoms with Crippen molar-refractivity contribution < 1.29 is 43.0 Å². The fourth-order valence-corrected chi connectivity index (χ4v) is 6.25. The van der Waals surface area contributed by atoms with E-state index in [0.29, 0.717) is 23.0 Å². The second-order valence-corrected chi connectivity index (χ2v) is 13.2. The van der Waals surface area contributed by atoms with E-state index in [1.807, 2.05) is 0 Å². The molecule has 4 aromatic rings. The van der Waals surface area contributed by atoms with Crippen LogP contribution in [0.2, 0.25) is 0 Å². The number of Topliss-reactive ketones (excluding diaryl/α,β-unsaturated/α-hetero) is 1. The fourth-order valence-electron chi connectivity index (χ4n) is 6.25. The van der Waals surface area contributed by atoms with E-state index in [0.717, 1.165) is 21.3 Å². The molecule has 13 nitrogen and oxygen atoms in total. The van der Waals surface area contributed by atoms with Crippen molar-refractivity contribution in [3.05, 3.63) is 128 Å². The molecule has 0 saturated carbocycles. The Hall–Kier alpha value is -6.09. The molecule has 4 rings (SSSR count). The van der Waals surface area contributed by atoms with Crippen LogP contribution in [0.15, 0.2) is 82.4 Å². The fraction of sp³-hybridized carbons (Fsp3) is 0.325. The zero-order valence-electron chi connectivity index (χ0n) is 30.1. The van der Waals surface area contributed by atoms with Gasteiger partial charge in [-0.05, 0) is 55.0 Å². The largest absolute Gasteiger partial charge is 0.481 e. The van der Waals surface area contributed by atoms with Gasteiger partial charge in [-0.25, -0.2) is 18.4 Å². The van der Waals surface area contributed by atoms with Gasteiger partial charge in [-0.3, -0.25) is 28.3 Å². The topological polar surface area (TPSA) is 208 Å². The molecule has 0 fully saturated rings. The van der Waals surface area contributed by atoms with E-state index in [1.54, 1.807) is 54.6 Å². The van der Waals surface area contributed by atoms with Crippen molar-refractivity contribution in [1.29, 1.82) is 0 Å². The average molecular weight is 761 g/mol. The minimum absolute atomic E-state index is 0.0272. The third-order valence-electron chi connectivity index (χ3n) is 9.33. The number of rotatable bonds is 20. The number of carbonyl (C=O) groups excluding carboxylic acids is 3. The van der Waals surface area contributed by atoms with Crippen molar-refractivity contribution in [2.75, 3.05) is 0 Å². The number of nitrogens with zero attached hydrogens (tertiary/aromatic N) is 2. The lowest BCUT2D eigenvalue weighted by Crippen LogP contribution is -2.44. The molecule has 290 valence electrons. The van der Waals surface area contributed by atoms with Gasteiger partial charge in [-0.1, -0.05) is 60.7 Å². The number of aliphatic carboxylic acids is 2. The van der Waals surface area contributed by atoms with Crippen molar-refractivity contribution in [2.45, 2.75) is 77.0 Å². The molecular formula is C40H42F2N4O9. The molecule has 0 aliphatic heterocycles. The first kappa shape index (κ1) is 41.7. The van der Waals surface area contributed by atoms with Gasteiger partial charge in [0.25, 0.3) is 5.56 Å². The Bertz CT molecular complexity index is 2150. The Morgan fingerprint density at radius 2 is 1.55 bits per heavy atom. The van der Waals surface area contributed by atoms with Crippen LogP contribution in [0.5, 0.6) is 0 Å². The molecule has 2 unspecified atom stereocenters. The summed E-state index contributed by atoms with van der Waals surface area (Å²) in [5.74, 6) is -6.62. The number of benzene rings is 3. The van der Waals surface area contributed by atoms with Crippen molar-refractivity contribution in [3.8, 4) is 11.1 Å². The van der Waals surface area contributed by atoms with Gasteiger partial charge in [0.15, 0.2) is 0 Å². The Labute approximate surface area is 314 Å². The van der Waals surface area contributed by atoms with Crippen LogP contribution in [0.4, 0.5) is 8.78 Å². The van der Waals surface area contributed by atoms with E-state index in [-0.39, 0.29) is 68.3 Å². The molecule has 1 aromatic heterocycles. The number of amides is 1. The highest BCUT2D eigenvalue weighted by atomic mass is 19.1. The minimum atomic E-state index is -1.43. The summed E-state index contributed by atoms with van der Waals surface area (Å²) in [6, 6.07) is 16.4. The van der Waals surface area contributed by atoms with Gasteiger partial charge in [-0.15, -0.1) is 0 Å². The van der Waals surface area contributed by atoms with Crippen molar-refractivity contribution in [2.24, 2.45) is 11.7 Å². The van der Waals surface area contributed by atoms with Crippen LogP contribution in [0.25, 0.3) is 11.1 Å². The van der Waals surface area contributed by atoms with Gasteiger partial charge in [0.1, 0.15) is 29.7 Å². The molecule has 0 aliphatic rings. The van der Waals surface area contributed by atoms with Gasteiger partial charge in [0.2, 0.25) is 5.91 Å². The van der Waals surface area contributed by atoms with Gasteiger partial charge in [0, 0.05) is 43.0 Å². The summed E-state index contributed by atoms with van der Waals surface area (Å²) in [6.45, 7) is 0.723. The summed E-state index contributed by atoms with van der Waals surface area (Å²) < 4.78 is 31.6. The van der Waals surface area contributed by atoms with Crippen LogP contribution in [0.1, 0.15) is 67.0 Å². The van der Waals surface area contributed by atoms with E-state index in [4.69, 9.17) is 5.73 Å². The highest BCUT2D eigenvalue weighted by Gasteiger charge is 2.25. The first-order chi connectivity index (χ1) is 26.2. The number of carboxylic acids is 2. The molecule has 5 N–H and O–H groups in total. The molecule has 1 amide bonds. The molecule has 0 bridgehead atoms. The predicted molar refractivity (Wildman–Crippen MR) is 197 cm³/mol. The van der Waals surface area contributed by atoms with Crippen LogP contribution in [-0.2, 0) is 43.5 Å². The second kappa shape index (κ2) is 19.3. The lowest BCUT2D eigenvalue weighted by atomic mass is 9.95. The first-order valence-electron chi connectivity index (χ1n) is 17.6. The monoisotopic (exact) mass is 760 g/mol. The van der Waals surface area contributed by atoms with Gasteiger partial charge < -0.3 is 26.1 Å². The molecule has 0 spiro atoms. The lowest BCUT2D eigenvalue weighted by Gasteiger charge is -2.20. The zero-order valence-corrected chi connectivity index (χ0v) is 30.1. The van der Waals surface area contributed by atoms with Crippen molar-refractivity contribution in [1.82, 2.24) is 14.5 Å². The summed E-state index contributed by atoms with van der Waals surface area (Å²) >= 11 is 0. The summed E-state index contributed by atoms with van der Waals surface area (Å²) in [6.07, 6.45) is -0.561. The molecule has 0 radical (unpaired) electrons. The van der Waals surface area contributed by atoms with Crippen LogP contribution < -0.4 is 22.3 Å². The predicted octanol–water partition coefficient (Wildman–Crippen LogP) is 3.93. The molecule has 1 heterocycles. The summed E-state index contributed by atoms with van der Waals surface area (Å²) in [5, 5.41) is 21.3. The summed E-state index contributed by atoms with van der Waals surface area (Å²) in [5.41, 5.74) is 6.29. The number of aryl methyl sites for hydroxylation is 1. The zero-order chi connectivity index (χ0) is 40.2. The van der Waals surface area contributed by atoms with E-state index >= 15 is 0 Å². The molecule has 3 atom stereocenters. The van der Waals surface area contributed by atoms with Crippen molar-refractivity contribution >= 4 is 29.9 Å². The Morgan fingerprint density at radius 1 is 0.873 bits per heavy atom. The number of aldehydes is 1. The highest BCUT2D eigenvalue weighted by Crippen LogP contribution is 2.23. The van der Waals surface area contributed by atoms with Gasteiger partial charge in [-0.2, -0.15) is 0 Å². The number of nitrogens with one attached hydrogen (secondary N) is 1. The Morgan fingerprint density at radius 3 is 2.18 bits per heavy atom. The molecular weight excluding hydrogens is 718 g/mol. The SMILES string of the molecule is Cc1c(-c2cccc(CCC(=O)NC(CCC(=O)CC(CCC=O)C(=O)O)C(=O)O)c2)c(=O)n(C[C@H](N)c2ccccc2)c(=O)n1Cc1c(F)cccc1F. The number of hydrogen-bond acceptors (Lipinski definition) is 8. The van der Waals surface area contributed by atoms with E-state index in [2.05, 4.69) is 5.32 Å². The normalized spacial score (nSPS) is 12.7. The van der Waals surface area contributed by atoms with Crippen molar-refractivity contribution in [3.63, 3.8) is 0 Å². The number of carboxylic acid groups (broad SMARTS) is 2. The second-order valence-electron chi connectivity index (χ2n) is 13.2. The van der Waals surface area contributed by atoms with Crippen LogP contribution in [-0.4, -0.2) is 55.3 Å². The average Bonchev–Trinajstić information content (AvgIpc) is 3.15. The molecule has 55 heavy (non-hydrogen) atoms. The number of halogens is 2. The van der Waals surface area contributed by atoms with E-state index < -0.39 is 71.1 Å². The quantitative estimate of drug-likeness (QED) is 0.0955. The molecule has 15 heteroatoms. The van der Waals surface area contributed by atoms with E-state index in [1.165, 1.54) is 13.0 Å². The first-order valence-corrected chi connectivity index (χ1v) is 17.6.